The molecular weight excluding hydrogens is 206 g/mol. The maximum absolute atomic E-state index is 9.66. The molecule has 1 aromatic heterocycles. The standard InChI is InChI=1S/C11H17N3O2/c1-7-2-11(13-6-12-7)14-9-3-8(5-15)10(16)4-9/h2,6,8-10,15-16H,3-5H2,1H3,(H,12,13,14)/t8-,9+,10-/m0/s1. The van der Waals surface area contributed by atoms with Crippen LogP contribution < -0.4 is 5.32 Å². The van der Waals surface area contributed by atoms with Gasteiger partial charge in [-0.3, -0.25) is 0 Å². The molecule has 1 aromatic rings. The highest BCUT2D eigenvalue weighted by Gasteiger charge is 2.32. The van der Waals surface area contributed by atoms with Gasteiger partial charge in [-0.1, -0.05) is 0 Å². The molecule has 0 amide bonds. The first-order chi connectivity index (χ1) is 7.69. The first kappa shape index (κ1) is 11.3. The first-order valence-corrected chi connectivity index (χ1v) is 5.53. The van der Waals surface area contributed by atoms with Gasteiger partial charge in [-0.25, -0.2) is 9.97 Å². The molecule has 5 nitrogen and oxygen atoms in total. The van der Waals surface area contributed by atoms with Crippen molar-refractivity contribution >= 4 is 5.82 Å². The van der Waals surface area contributed by atoms with Crippen LogP contribution in [0.4, 0.5) is 5.82 Å². The van der Waals surface area contributed by atoms with Gasteiger partial charge in [-0.05, 0) is 19.8 Å². The van der Waals surface area contributed by atoms with Crippen molar-refractivity contribution in [3.63, 3.8) is 0 Å². The van der Waals surface area contributed by atoms with Crippen molar-refractivity contribution < 1.29 is 10.2 Å². The second-order valence-corrected chi connectivity index (χ2v) is 4.37. The Morgan fingerprint density at radius 1 is 1.44 bits per heavy atom. The fraction of sp³-hybridized carbons (Fsp3) is 0.636. The number of aryl methyl sites for hydroxylation is 1. The number of nitrogens with zero attached hydrogens (tertiary/aromatic N) is 2. The molecule has 2 rings (SSSR count). The number of nitrogens with one attached hydrogen (secondary N) is 1. The number of anilines is 1. The largest absolute Gasteiger partial charge is 0.396 e. The lowest BCUT2D eigenvalue weighted by atomic mass is 10.1. The van der Waals surface area contributed by atoms with Gasteiger partial charge in [0.2, 0.25) is 0 Å². The highest BCUT2D eigenvalue weighted by molar-refractivity contribution is 5.36. The molecule has 0 aromatic carbocycles. The zero-order valence-corrected chi connectivity index (χ0v) is 9.30. The third-order valence-corrected chi connectivity index (χ3v) is 3.05. The first-order valence-electron chi connectivity index (χ1n) is 5.53. The molecule has 0 unspecified atom stereocenters. The Labute approximate surface area is 94.6 Å². The van der Waals surface area contributed by atoms with Crippen LogP contribution >= 0.6 is 0 Å². The van der Waals surface area contributed by atoms with Crippen LogP contribution in [0, 0.1) is 12.8 Å². The number of aliphatic hydroxyl groups is 2. The maximum Gasteiger partial charge on any atom is 0.129 e. The molecule has 3 atom stereocenters. The Balaban J connectivity index is 1.96. The van der Waals surface area contributed by atoms with Crippen molar-refractivity contribution in [2.45, 2.75) is 31.9 Å². The summed E-state index contributed by atoms with van der Waals surface area (Å²) >= 11 is 0. The summed E-state index contributed by atoms with van der Waals surface area (Å²) in [5.74, 6) is 0.767. The lowest BCUT2D eigenvalue weighted by Gasteiger charge is -2.12. The maximum atomic E-state index is 9.66. The van der Waals surface area contributed by atoms with Crippen molar-refractivity contribution in [3.05, 3.63) is 18.1 Å². The predicted octanol–water partition coefficient (Wildman–Crippen LogP) is 0.329. The summed E-state index contributed by atoms with van der Waals surface area (Å²) in [5.41, 5.74) is 0.912. The van der Waals surface area contributed by atoms with Crippen molar-refractivity contribution in [1.82, 2.24) is 9.97 Å². The number of aromatic nitrogens is 2. The molecular formula is C11H17N3O2. The van der Waals surface area contributed by atoms with Crippen LogP contribution in [0.3, 0.4) is 0 Å². The molecule has 1 aliphatic rings. The van der Waals surface area contributed by atoms with Crippen molar-refractivity contribution in [2.24, 2.45) is 5.92 Å². The summed E-state index contributed by atoms with van der Waals surface area (Å²) in [7, 11) is 0. The van der Waals surface area contributed by atoms with E-state index < -0.39 is 6.10 Å². The third-order valence-electron chi connectivity index (χ3n) is 3.05. The highest BCUT2D eigenvalue weighted by Crippen LogP contribution is 2.27. The van der Waals surface area contributed by atoms with E-state index in [4.69, 9.17) is 5.11 Å². The van der Waals surface area contributed by atoms with E-state index in [-0.39, 0.29) is 18.6 Å². The lowest BCUT2D eigenvalue weighted by Crippen LogP contribution is -2.17. The molecule has 88 valence electrons. The number of aliphatic hydroxyl groups excluding tert-OH is 2. The quantitative estimate of drug-likeness (QED) is 0.688. The molecule has 0 spiro atoms. The van der Waals surface area contributed by atoms with Gasteiger partial charge >= 0.3 is 0 Å². The van der Waals surface area contributed by atoms with Gasteiger partial charge in [0.15, 0.2) is 0 Å². The Morgan fingerprint density at radius 2 is 2.25 bits per heavy atom. The normalized spacial score (nSPS) is 29.3. The average molecular weight is 223 g/mol. The van der Waals surface area contributed by atoms with Crippen LogP contribution in [-0.2, 0) is 0 Å². The molecule has 1 fully saturated rings. The van der Waals surface area contributed by atoms with E-state index in [2.05, 4.69) is 15.3 Å². The average Bonchev–Trinajstić information content (AvgIpc) is 2.58. The topological polar surface area (TPSA) is 78.3 Å². The van der Waals surface area contributed by atoms with Gasteiger partial charge in [0, 0.05) is 30.3 Å². The summed E-state index contributed by atoms with van der Waals surface area (Å²) in [6.45, 7) is 1.95. The SMILES string of the molecule is Cc1cc(N[C@@H]2C[C@@H](CO)[C@@H](O)C2)ncn1. The summed E-state index contributed by atoms with van der Waals surface area (Å²) in [5, 5.41) is 22.0. The van der Waals surface area contributed by atoms with Crippen LogP contribution in [0.15, 0.2) is 12.4 Å². The minimum atomic E-state index is -0.412. The summed E-state index contributed by atoms with van der Waals surface area (Å²) in [4.78, 5) is 8.13. The van der Waals surface area contributed by atoms with Gasteiger partial charge in [0.05, 0.1) is 6.10 Å². The minimum absolute atomic E-state index is 0.0135. The molecule has 1 aliphatic carbocycles. The van der Waals surface area contributed by atoms with Crippen LogP contribution in [0.2, 0.25) is 0 Å². The number of hydrogen-bond acceptors (Lipinski definition) is 5. The second-order valence-electron chi connectivity index (χ2n) is 4.37. The van der Waals surface area contributed by atoms with E-state index in [0.717, 1.165) is 17.9 Å². The molecule has 1 saturated carbocycles. The minimum Gasteiger partial charge on any atom is -0.396 e. The monoisotopic (exact) mass is 223 g/mol. The predicted molar refractivity (Wildman–Crippen MR) is 60.0 cm³/mol. The van der Waals surface area contributed by atoms with Crippen LogP contribution in [0.25, 0.3) is 0 Å². The zero-order chi connectivity index (χ0) is 11.5. The summed E-state index contributed by atoms with van der Waals surface area (Å²) in [6, 6.07) is 2.06. The fourth-order valence-electron chi connectivity index (χ4n) is 2.16. The molecule has 1 heterocycles. The van der Waals surface area contributed by atoms with Gasteiger partial charge in [-0.2, -0.15) is 0 Å². The Kier molecular flexibility index (Phi) is 3.36. The summed E-state index contributed by atoms with van der Waals surface area (Å²) < 4.78 is 0. The van der Waals surface area contributed by atoms with E-state index in [1.165, 1.54) is 6.33 Å². The Bertz CT molecular complexity index is 359. The smallest absolute Gasteiger partial charge is 0.129 e. The van der Waals surface area contributed by atoms with Crippen molar-refractivity contribution in [2.75, 3.05) is 11.9 Å². The van der Waals surface area contributed by atoms with Crippen molar-refractivity contribution in [3.8, 4) is 0 Å². The Morgan fingerprint density at radius 3 is 2.88 bits per heavy atom. The molecule has 5 heteroatoms. The fourth-order valence-corrected chi connectivity index (χ4v) is 2.16. The van der Waals surface area contributed by atoms with Crippen LogP contribution in [0.5, 0.6) is 0 Å². The Hall–Kier alpha value is -1.20. The number of hydrogen-bond donors (Lipinski definition) is 3. The molecule has 0 aliphatic heterocycles. The van der Waals surface area contributed by atoms with E-state index in [9.17, 15) is 5.11 Å². The van der Waals surface area contributed by atoms with E-state index in [1.54, 1.807) is 0 Å². The molecule has 0 saturated heterocycles. The van der Waals surface area contributed by atoms with Gasteiger partial charge in [0.25, 0.3) is 0 Å². The van der Waals surface area contributed by atoms with Gasteiger partial charge in [0.1, 0.15) is 12.1 Å². The second kappa shape index (κ2) is 4.76. The van der Waals surface area contributed by atoms with Gasteiger partial charge in [-0.15, -0.1) is 0 Å². The molecule has 0 radical (unpaired) electrons. The van der Waals surface area contributed by atoms with E-state index >= 15 is 0 Å². The van der Waals surface area contributed by atoms with Gasteiger partial charge < -0.3 is 15.5 Å². The van der Waals surface area contributed by atoms with Crippen molar-refractivity contribution in [1.29, 1.82) is 0 Å². The third kappa shape index (κ3) is 2.48. The van der Waals surface area contributed by atoms with E-state index in [0.29, 0.717) is 6.42 Å². The zero-order valence-electron chi connectivity index (χ0n) is 9.30. The molecule has 0 bridgehead atoms. The highest BCUT2D eigenvalue weighted by atomic mass is 16.3. The molecule has 16 heavy (non-hydrogen) atoms. The van der Waals surface area contributed by atoms with E-state index in [1.807, 2.05) is 13.0 Å². The number of rotatable bonds is 3. The molecule has 3 N–H and O–H groups in total. The van der Waals surface area contributed by atoms with Crippen LogP contribution in [0.1, 0.15) is 18.5 Å². The lowest BCUT2D eigenvalue weighted by molar-refractivity contribution is 0.0908. The van der Waals surface area contributed by atoms with Crippen LogP contribution in [-0.4, -0.2) is 38.9 Å². The summed E-state index contributed by atoms with van der Waals surface area (Å²) in [6.07, 6.45) is 2.55.